The largest absolute Gasteiger partial charge is 0.475 e. The van der Waals surface area contributed by atoms with Crippen molar-refractivity contribution in [2.45, 2.75) is 46.2 Å². The molecule has 38 heavy (non-hydrogen) atoms. The Hall–Kier alpha value is -3.73. The zero-order chi connectivity index (χ0) is 27.9. The van der Waals surface area contributed by atoms with Crippen LogP contribution in [0.2, 0.25) is 0 Å². The zero-order valence-electron chi connectivity index (χ0n) is 21.5. The molecule has 0 bridgehead atoms. The summed E-state index contributed by atoms with van der Waals surface area (Å²) >= 11 is 0. The van der Waals surface area contributed by atoms with Gasteiger partial charge in [0.1, 0.15) is 12.4 Å². The summed E-state index contributed by atoms with van der Waals surface area (Å²) in [5, 5.41) is 0. The van der Waals surface area contributed by atoms with Crippen LogP contribution in [0.4, 0.5) is 13.2 Å². The highest BCUT2D eigenvalue weighted by Gasteiger charge is 2.35. The first-order valence-corrected chi connectivity index (χ1v) is 12.2. The number of nitrogens with two attached hydrogens (primary N) is 1. The molecule has 8 nitrogen and oxygen atoms in total. The van der Waals surface area contributed by atoms with Crippen molar-refractivity contribution < 1.29 is 27.4 Å². The van der Waals surface area contributed by atoms with Gasteiger partial charge in [0.05, 0.1) is 17.9 Å². The number of H-pyrrole nitrogens is 1. The quantitative estimate of drug-likeness (QED) is 0.324. The van der Waals surface area contributed by atoms with E-state index in [-0.39, 0.29) is 23.5 Å². The van der Waals surface area contributed by atoms with Crippen molar-refractivity contribution in [2.75, 3.05) is 19.8 Å². The first-order valence-electron chi connectivity index (χ1n) is 12.2. The first-order chi connectivity index (χ1) is 17.9. The number of primary amides is 1. The van der Waals surface area contributed by atoms with Gasteiger partial charge in [0.2, 0.25) is 11.8 Å². The normalized spacial score (nSPS) is 11.9. The van der Waals surface area contributed by atoms with Gasteiger partial charge in [-0.2, -0.15) is 13.2 Å². The molecular formula is C27H31F3N4O4. The predicted octanol–water partition coefficient (Wildman–Crippen LogP) is 4.77. The average molecular weight is 533 g/mol. The summed E-state index contributed by atoms with van der Waals surface area (Å²) in [7, 11) is 0. The Balaban J connectivity index is 1.90. The summed E-state index contributed by atoms with van der Waals surface area (Å²) in [6, 6.07) is 7.84. The highest BCUT2D eigenvalue weighted by molar-refractivity contribution is 5.80. The Morgan fingerprint density at radius 1 is 1.08 bits per heavy atom. The number of halogens is 3. The number of rotatable bonds is 12. The number of nitrogens with zero attached hydrogens (tertiary/aromatic N) is 2. The van der Waals surface area contributed by atoms with E-state index in [1.54, 1.807) is 26.0 Å². The van der Waals surface area contributed by atoms with Gasteiger partial charge in [0.25, 0.3) is 5.56 Å². The molecule has 0 aliphatic carbocycles. The van der Waals surface area contributed by atoms with Crippen molar-refractivity contribution in [3.63, 3.8) is 0 Å². The van der Waals surface area contributed by atoms with Crippen LogP contribution < -0.4 is 16.0 Å². The van der Waals surface area contributed by atoms with Gasteiger partial charge in [-0.1, -0.05) is 33.3 Å². The molecule has 11 heteroatoms. The number of nitrogens with one attached hydrogen (secondary N) is 1. The van der Waals surface area contributed by atoms with Crippen LogP contribution in [-0.4, -0.2) is 40.7 Å². The molecule has 0 unspecified atom stereocenters. The van der Waals surface area contributed by atoms with Gasteiger partial charge < -0.3 is 20.2 Å². The van der Waals surface area contributed by atoms with Crippen LogP contribution in [0.15, 0.2) is 47.4 Å². The van der Waals surface area contributed by atoms with E-state index in [4.69, 9.17) is 15.2 Å². The van der Waals surface area contributed by atoms with E-state index in [1.807, 2.05) is 0 Å². The minimum atomic E-state index is -4.71. The molecule has 3 N–H and O–H groups in total. The van der Waals surface area contributed by atoms with Gasteiger partial charge in [0, 0.05) is 41.5 Å². The van der Waals surface area contributed by atoms with Crippen LogP contribution in [0.3, 0.4) is 0 Å². The van der Waals surface area contributed by atoms with E-state index < -0.39 is 28.6 Å². The highest BCUT2D eigenvalue weighted by atomic mass is 19.4. The Labute approximate surface area is 218 Å². The molecule has 204 valence electrons. The number of aromatic amines is 1. The second-order valence-electron chi connectivity index (χ2n) is 9.48. The number of benzene rings is 1. The number of pyridine rings is 1. The molecule has 1 aromatic carbocycles. The molecule has 2 aromatic heterocycles. The monoisotopic (exact) mass is 532 g/mol. The molecule has 3 aromatic rings. The zero-order valence-corrected chi connectivity index (χ0v) is 21.5. The lowest BCUT2D eigenvalue weighted by Gasteiger charge is -2.21. The second-order valence-corrected chi connectivity index (χ2v) is 9.48. The fourth-order valence-electron chi connectivity index (χ4n) is 3.65. The van der Waals surface area contributed by atoms with Crippen LogP contribution in [0.5, 0.6) is 5.88 Å². The summed E-state index contributed by atoms with van der Waals surface area (Å²) in [6.45, 7) is 6.67. The number of carbonyl (C=O) groups excluding carboxylic acids is 1. The second kappa shape index (κ2) is 12.2. The van der Waals surface area contributed by atoms with Gasteiger partial charge in [-0.15, -0.1) is 0 Å². The molecule has 0 fully saturated rings. The smallest absolute Gasteiger partial charge is 0.417 e. The maximum absolute atomic E-state index is 13.9. The van der Waals surface area contributed by atoms with E-state index in [1.165, 1.54) is 24.4 Å². The number of carbonyl (C=O) groups is 1. The maximum atomic E-state index is 13.9. The maximum Gasteiger partial charge on any atom is 0.417 e. The Morgan fingerprint density at radius 2 is 1.84 bits per heavy atom. The molecule has 0 aliphatic heterocycles. The first kappa shape index (κ1) is 28.8. The lowest BCUT2D eigenvalue weighted by Crippen LogP contribution is -2.33. The molecular weight excluding hydrogens is 501 g/mol. The lowest BCUT2D eigenvalue weighted by molar-refractivity contribution is -0.137. The highest BCUT2D eigenvalue weighted by Crippen LogP contribution is 2.37. The Bertz CT molecular complexity index is 1300. The number of hydrogen-bond donors (Lipinski definition) is 2. The number of ether oxygens (including phenoxy) is 2. The Morgan fingerprint density at radius 3 is 2.47 bits per heavy atom. The van der Waals surface area contributed by atoms with Crippen molar-refractivity contribution in [3.05, 3.63) is 64.1 Å². The van der Waals surface area contributed by atoms with Gasteiger partial charge in [-0.25, -0.2) is 9.97 Å². The standard InChI is InChI=1S/C27H31F3N4O4/c1-4-5-10-37-11-12-38-23-9-7-18(16-32-23)21-14-22(35)34-24(33-21)19-13-17(15-26(2,3)25(31)36)6-8-20(19)27(28,29)30/h6-9,13-14,16H,4-5,10-12,15H2,1-3H3,(H2,31,36)(H,33,34,35). The number of unbranched alkanes of at least 4 members (excludes halogenated alkanes) is 1. The molecule has 0 atom stereocenters. The fraction of sp³-hybridized carbons (Fsp3) is 0.407. The molecule has 1 amide bonds. The third-order valence-electron chi connectivity index (χ3n) is 5.85. The van der Waals surface area contributed by atoms with Crippen molar-refractivity contribution in [1.82, 2.24) is 15.0 Å². The molecule has 0 saturated heterocycles. The van der Waals surface area contributed by atoms with Crippen LogP contribution in [0.1, 0.15) is 44.7 Å². The molecule has 3 rings (SSSR count). The summed E-state index contributed by atoms with van der Waals surface area (Å²) in [6.07, 6.45) is -1.17. The summed E-state index contributed by atoms with van der Waals surface area (Å²) < 4.78 is 52.6. The van der Waals surface area contributed by atoms with E-state index in [0.717, 1.165) is 18.9 Å². The average Bonchev–Trinajstić information content (AvgIpc) is 2.85. The molecule has 0 radical (unpaired) electrons. The van der Waals surface area contributed by atoms with Crippen LogP contribution in [0, 0.1) is 5.41 Å². The van der Waals surface area contributed by atoms with Gasteiger partial charge >= 0.3 is 6.18 Å². The van der Waals surface area contributed by atoms with Crippen LogP contribution in [-0.2, 0) is 22.1 Å². The van der Waals surface area contributed by atoms with Gasteiger partial charge in [-0.3, -0.25) is 9.59 Å². The van der Waals surface area contributed by atoms with Gasteiger partial charge in [-0.05, 0) is 36.6 Å². The topological polar surface area (TPSA) is 120 Å². The number of hydrogen-bond acceptors (Lipinski definition) is 6. The van der Waals surface area contributed by atoms with Gasteiger partial charge in [0.15, 0.2) is 0 Å². The van der Waals surface area contributed by atoms with Crippen LogP contribution >= 0.6 is 0 Å². The number of amides is 1. The SMILES string of the molecule is CCCCOCCOc1ccc(-c2cc(=O)[nH]c(-c3cc(CC(C)(C)C(N)=O)ccc3C(F)(F)F)n2)cn1. The van der Waals surface area contributed by atoms with E-state index >= 15 is 0 Å². The number of alkyl halides is 3. The minimum Gasteiger partial charge on any atom is -0.475 e. The summed E-state index contributed by atoms with van der Waals surface area (Å²) in [5.74, 6) is -0.512. The molecule has 0 spiro atoms. The fourth-order valence-corrected chi connectivity index (χ4v) is 3.65. The van der Waals surface area contributed by atoms with Crippen molar-refractivity contribution >= 4 is 5.91 Å². The minimum absolute atomic E-state index is 0.104. The van der Waals surface area contributed by atoms with Crippen molar-refractivity contribution in [2.24, 2.45) is 11.1 Å². The Kier molecular flexibility index (Phi) is 9.26. The van der Waals surface area contributed by atoms with Crippen molar-refractivity contribution in [1.29, 1.82) is 0 Å². The lowest BCUT2D eigenvalue weighted by atomic mass is 9.84. The van der Waals surface area contributed by atoms with E-state index in [9.17, 15) is 22.8 Å². The predicted molar refractivity (Wildman–Crippen MR) is 136 cm³/mol. The van der Waals surface area contributed by atoms with Crippen LogP contribution in [0.25, 0.3) is 22.6 Å². The van der Waals surface area contributed by atoms with Crippen molar-refractivity contribution in [3.8, 4) is 28.5 Å². The summed E-state index contributed by atoms with van der Waals surface area (Å²) in [5.41, 5.74) is 3.52. The van der Waals surface area contributed by atoms with E-state index in [2.05, 4.69) is 21.9 Å². The number of aromatic nitrogens is 3. The third-order valence-corrected chi connectivity index (χ3v) is 5.85. The van der Waals surface area contributed by atoms with E-state index in [0.29, 0.717) is 36.8 Å². The summed E-state index contributed by atoms with van der Waals surface area (Å²) in [4.78, 5) is 35.1. The molecule has 0 saturated carbocycles. The molecule has 2 heterocycles. The molecule has 0 aliphatic rings. The third kappa shape index (κ3) is 7.64.